The van der Waals surface area contributed by atoms with Crippen molar-refractivity contribution in [3.8, 4) is 0 Å². The lowest BCUT2D eigenvalue weighted by Gasteiger charge is -2.37. The first-order valence-corrected chi connectivity index (χ1v) is 8.59. The first kappa shape index (κ1) is 17.1. The fourth-order valence-electron chi connectivity index (χ4n) is 2.08. The van der Waals surface area contributed by atoms with Crippen LogP contribution in [0.1, 0.15) is 31.1 Å². The molecule has 1 aliphatic rings. The van der Waals surface area contributed by atoms with Crippen LogP contribution in [0.4, 0.5) is 0 Å². The van der Waals surface area contributed by atoms with E-state index in [0.29, 0.717) is 0 Å². The van der Waals surface area contributed by atoms with Crippen molar-refractivity contribution >= 4 is 27.6 Å². The van der Waals surface area contributed by atoms with Gasteiger partial charge in [-0.25, -0.2) is 8.42 Å². The summed E-state index contributed by atoms with van der Waals surface area (Å²) in [5.74, 6) is -4.26. The highest BCUT2D eigenvalue weighted by molar-refractivity contribution is 7.90. The first-order chi connectivity index (χ1) is 10.4. The summed E-state index contributed by atoms with van der Waals surface area (Å²) in [7, 11) is -3.42. The zero-order chi connectivity index (χ0) is 17.6. The average molecular weight is 340 g/mol. The van der Waals surface area contributed by atoms with Gasteiger partial charge < -0.3 is 9.47 Å². The number of hydrogen-bond donors (Lipinski definition) is 0. The molecule has 0 spiro atoms. The maximum absolute atomic E-state index is 12.6. The molecule has 8 heteroatoms. The normalized spacial score (nSPS) is 19.7. The molecule has 0 unspecified atom stereocenters. The number of ketones is 1. The molecule has 124 valence electrons. The number of carbonyl (C=O) groups is 3. The molecule has 1 fully saturated rings. The summed E-state index contributed by atoms with van der Waals surface area (Å²) in [5.41, 5.74) is -2.12. The average Bonchev–Trinajstić information content (AvgIpc) is 2.42. The number of benzene rings is 1. The Balaban J connectivity index is 2.40. The third-order valence-electron chi connectivity index (χ3n) is 3.49. The lowest BCUT2D eigenvalue weighted by atomic mass is 9.81. The topological polar surface area (TPSA) is 104 Å². The maximum Gasteiger partial charge on any atom is 0.334 e. The smallest absolute Gasteiger partial charge is 0.334 e. The molecule has 1 heterocycles. The van der Waals surface area contributed by atoms with E-state index in [0.717, 1.165) is 13.2 Å². The van der Waals surface area contributed by atoms with Gasteiger partial charge in [0.1, 0.15) is 0 Å². The van der Waals surface area contributed by atoms with Crippen LogP contribution in [-0.4, -0.2) is 38.2 Å². The van der Waals surface area contributed by atoms with Crippen molar-refractivity contribution in [3.63, 3.8) is 0 Å². The third-order valence-corrected chi connectivity index (χ3v) is 4.62. The molecule has 1 aromatic carbocycles. The minimum Gasteiger partial charge on any atom is -0.422 e. The van der Waals surface area contributed by atoms with Crippen LogP contribution in [0.3, 0.4) is 0 Å². The summed E-state index contributed by atoms with van der Waals surface area (Å²) >= 11 is 0. The van der Waals surface area contributed by atoms with Crippen molar-refractivity contribution in [2.75, 3.05) is 6.26 Å². The van der Waals surface area contributed by atoms with Crippen LogP contribution in [0, 0.1) is 5.41 Å². The van der Waals surface area contributed by atoms with Crippen molar-refractivity contribution in [2.24, 2.45) is 5.41 Å². The van der Waals surface area contributed by atoms with Gasteiger partial charge in [0.25, 0.3) is 5.79 Å². The summed E-state index contributed by atoms with van der Waals surface area (Å²) < 4.78 is 32.8. The van der Waals surface area contributed by atoms with Crippen LogP contribution in [0.25, 0.3) is 0 Å². The number of sulfone groups is 1. The van der Waals surface area contributed by atoms with Crippen LogP contribution in [0.5, 0.6) is 0 Å². The molecule has 0 saturated carbocycles. The Morgan fingerprint density at radius 3 is 1.78 bits per heavy atom. The fourth-order valence-corrected chi connectivity index (χ4v) is 2.71. The van der Waals surface area contributed by atoms with E-state index >= 15 is 0 Å². The standard InChI is InChI=1S/C15H16O7S/c1-14(2)21-12(17)15(3,13(18)22-14)11(16)9-5-7-10(8-6-9)23(4,19)20/h5-8H,1-4H3. The molecule has 7 nitrogen and oxygen atoms in total. The van der Waals surface area contributed by atoms with Crippen molar-refractivity contribution in [3.05, 3.63) is 29.8 Å². The Bertz CT molecular complexity index is 768. The van der Waals surface area contributed by atoms with Gasteiger partial charge in [-0.15, -0.1) is 0 Å². The van der Waals surface area contributed by atoms with Crippen molar-refractivity contribution in [2.45, 2.75) is 31.5 Å². The lowest BCUT2D eigenvalue weighted by Crippen LogP contribution is -2.56. The van der Waals surface area contributed by atoms with Crippen LogP contribution < -0.4 is 0 Å². The van der Waals surface area contributed by atoms with Gasteiger partial charge in [-0.3, -0.25) is 14.4 Å². The minimum atomic E-state index is -3.42. The molecule has 0 aromatic heterocycles. The number of rotatable bonds is 3. The van der Waals surface area contributed by atoms with Gasteiger partial charge in [-0.1, -0.05) is 12.1 Å². The second-order valence-electron chi connectivity index (χ2n) is 5.93. The van der Waals surface area contributed by atoms with Gasteiger partial charge in [0.15, 0.2) is 15.6 Å². The minimum absolute atomic E-state index is 0.00788. The van der Waals surface area contributed by atoms with Crippen molar-refractivity contribution in [1.82, 2.24) is 0 Å². The molecule has 2 rings (SSSR count). The van der Waals surface area contributed by atoms with Gasteiger partial charge in [-0.2, -0.15) is 0 Å². The number of esters is 2. The Morgan fingerprint density at radius 2 is 1.39 bits per heavy atom. The Hall–Kier alpha value is -2.22. The van der Waals surface area contributed by atoms with E-state index in [1.54, 1.807) is 0 Å². The highest BCUT2D eigenvalue weighted by atomic mass is 32.2. The SMILES string of the molecule is CC1(C)OC(=O)C(C)(C(=O)c2ccc(S(C)(=O)=O)cc2)C(=O)O1. The van der Waals surface area contributed by atoms with Crippen LogP contribution >= 0.6 is 0 Å². The van der Waals surface area contributed by atoms with E-state index in [1.165, 1.54) is 38.1 Å². The number of Topliss-reactive ketones (excluding diaryl/α,β-unsaturated/α-hetero) is 1. The maximum atomic E-state index is 12.6. The second-order valence-corrected chi connectivity index (χ2v) is 7.95. The number of cyclic esters (lactones) is 2. The van der Waals surface area contributed by atoms with E-state index in [2.05, 4.69) is 0 Å². The van der Waals surface area contributed by atoms with E-state index in [1.807, 2.05) is 0 Å². The Morgan fingerprint density at radius 1 is 0.957 bits per heavy atom. The van der Waals surface area contributed by atoms with E-state index in [4.69, 9.17) is 9.47 Å². The van der Waals surface area contributed by atoms with Gasteiger partial charge in [-0.05, 0) is 19.1 Å². The van der Waals surface area contributed by atoms with Crippen LogP contribution in [-0.2, 0) is 28.9 Å². The Labute approximate surface area is 133 Å². The molecule has 0 atom stereocenters. The molecular formula is C15H16O7S. The summed E-state index contributed by atoms with van der Waals surface area (Å²) in [5, 5.41) is 0. The zero-order valence-electron chi connectivity index (χ0n) is 13.1. The monoisotopic (exact) mass is 340 g/mol. The predicted molar refractivity (Wildman–Crippen MR) is 78.3 cm³/mol. The van der Waals surface area contributed by atoms with Gasteiger partial charge in [0.2, 0.25) is 5.41 Å². The fraction of sp³-hybridized carbons (Fsp3) is 0.400. The van der Waals surface area contributed by atoms with Gasteiger partial charge >= 0.3 is 11.9 Å². The van der Waals surface area contributed by atoms with Gasteiger partial charge in [0, 0.05) is 25.7 Å². The molecule has 1 aliphatic heterocycles. The second kappa shape index (κ2) is 5.16. The summed E-state index contributed by atoms with van der Waals surface area (Å²) in [6.07, 6.45) is 1.03. The molecule has 0 N–H and O–H groups in total. The summed E-state index contributed by atoms with van der Waals surface area (Å²) in [6, 6.07) is 4.94. The van der Waals surface area contributed by atoms with Crippen molar-refractivity contribution < 1.29 is 32.3 Å². The van der Waals surface area contributed by atoms with Crippen LogP contribution in [0.2, 0.25) is 0 Å². The lowest BCUT2D eigenvalue weighted by molar-refractivity contribution is -0.244. The van der Waals surface area contributed by atoms with Crippen molar-refractivity contribution in [1.29, 1.82) is 0 Å². The largest absolute Gasteiger partial charge is 0.422 e. The predicted octanol–water partition coefficient (Wildman–Crippen LogP) is 1.12. The van der Waals surface area contributed by atoms with Gasteiger partial charge in [0.05, 0.1) is 4.90 Å². The number of hydrogen-bond acceptors (Lipinski definition) is 7. The highest BCUT2D eigenvalue weighted by Crippen LogP contribution is 2.35. The first-order valence-electron chi connectivity index (χ1n) is 6.70. The quantitative estimate of drug-likeness (QED) is 0.461. The van der Waals surface area contributed by atoms with Crippen LogP contribution in [0.15, 0.2) is 29.2 Å². The number of ether oxygens (including phenoxy) is 2. The molecule has 1 saturated heterocycles. The Kier molecular flexibility index (Phi) is 3.84. The van der Waals surface area contributed by atoms with E-state index in [-0.39, 0.29) is 10.5 Å². The molecule has 0 radical (unpaired) electrons. The molecule has 0 aliphatic carbocycles. The van der Waals surface area contributed by atoms with E-state index in [9.17, 15) is 22.8 Å². The number of carbonyl (C=O) groups excluding carboxylic acids is 3. The summed E-state index contributed by atoms with van der Waals surface area (Å²) in [4.78, 5) is 36.9. The molecule has 23 heavy (non-hydrogen) atoms. The summed E-state index contributed by atoms with van der Waals surface area (Å²) in [6.45, 7) is 3.89. The molecule has 0 bridgehead atoms. The molecule has 1 aromatic rings. The molecular weight excluding hydrogens is 324 g/mol. The third kappa shape index (κ3) is 2.98. The van der Waals surface area contributed by atoms with E-state index < -0.39 is 38.8 Å². The molecule has 0 amide bonds. The highest BCUT2D eigenvalue weighted by Gasteiger charge is 2.58. The zero-order valence-corrected chi connectivity index (χ0v) is 13.9.